The van der Waals surface area contributed by atoms with Gasteiger partial charge in [-0.1, -0.05) is 43.7 Å². The summed E-state index contributed by atoms with van der Waals surface area (Å²) in [6, 6.07) is 17.4. The van der Waals surface area contributed by atoms with Crippen LogP contribution in [0.1, 0.15) is 37.8 Å². The fourth-order valence-electron chi connectivity index (χ4n) is 4.60. The largest absolute Gasteiger partial charge is 0.497 e. The number of amides is 2. The van der Waals surface area contributed by atoms with Crippen LogP contribution in [0.25, 0.3) is 0 Å². The van der Waals surface area contributed by atoms with Gasteiger partial charge < -0.3 is 24.4 Å². The van der Waals surface area contributed by atoms with E-state index in [9.17, 15) is 18.0 Å². The van der Waals surface area contributed by atoms with Gasteiger partial charge in [-0.15, -0.1) is 0 Å². The standard InChI is InChI=1S/C32H41N3O7S/c1-7-18-33-32(37)28(8-2)34(21-24-10-9-11-26(19-24)40-4)31(36)22-35(25-14-17-29(41-5)30(20-25)42-6)43(38,39)27-15-12-23(3)13-16-27/h9-17,19-20,28H,7-8,18,21-22H2,1-6H3,(H,33,37)/t28-/m1/s1. The normalized spacial score (nSPS) is 11.8. The van der Waals surface area contributed by atoms with E-state index in [-0.39, 0.29) is 23.0 Å². The maximum absolute atomic E-state index is 14.2. The van der Waals surface area contributed by atoms with Crippen molar-refractivity contribution in [1.29, 1.82) is 0 Å². The molecular weight excluding hydrogens is 570 g/mol. The highest BCUT2D eigenvalue weighted by Gasteiger charge is 2.34. The molecule has 0 aromatic heterocycles. The lowest BCUT2D eigenvalue weighted by molar-refractivity contribution is -0.140. The fourth-order valence-corrected chi connectivity index (χ4v) is 6.01. The summed E-state index contributed by atoms with van der Waals surface area (Å²) in [5.41, 5.74) is 1.82. The van der Waals surface area contributed by atoms with Crippen LogP contribution in [-0.4, -0.2) is 65.6 Å². The molecule has 0 aliphatic rings. The van der Waals surface area contributed by atoms with Gasteiger partial charge in [-0.25, -0.2) is 8.42 Å². The minimum atomic E-state index is -4.23. The van der Waals surface area contributed by atoms with E-state index in [4.69, 9.17) is 14.2 Å². The average Bonchev–Trinajstić information content (AvgIpc) is 3.02. The van der Waals surface area contributed by atoms with Crippen LogP contribution in [0.3, 0.4) is 0 Å². The smallest absolute Gasteiger partial charge is 0.264 e. The molecule has 3 rings (SSSR count). The quantitative estimate of drug-likeness (QED) is 0.268. The van der Waals surface area contributed by atoms with E-state index in [0.29, 0.717) is 30.2 Å². The van der Waals surface area contributed by atoms with Gasteiger partial charge in [0.05, 0.1) is 31.9 Å². The number of nitrogens with zero attached hydrogens (tertiary/aromatic N) is 2. The SMILES string of the molecule is CCCNC(=O)[C@@H](CC)N(Cc1cccc(OC)c1)C(=O)CN(c1ccc(OC)c(OC)c1)S(=O)(=O)c1ccc(C)cc1. The maximum atomic E-state index is 14.2. The highest BCUT2D eigenvalue weighted by Crippen LogP contribution is 2.34. The minimum absolute atomic E-state index is 0.0211. The Morgan fingerprint density at radius 3 is 2.19 bits per heavy atom. The van der Waals surface area contributed by atoms with E-state index < -0.39 is 28.5 Å². The summed E-state index contributed by atoms with van der Waals surface area (Å²) in [7, 11) is 0.248. The summed E-state index contributed by atoms with van der Waals surface area (Å²) in [5.74, 6) is 0.451. The number of benzene rings is 3. The van der Waals surface area contributed by atoms with Crippen molar-refractivity contribution in [3.8, 4) is 17.2 Å². The van der Waals surface area contributed by atoms with E-state index >= 15 is 0 Å². The Kier molecular flexibility index (Phi) is 11.8. The molecule has 0 saturated heterocycles. The van der Waals surface area contributed by atoms with E-state index in [0.717, 1.165) is 21.9 Å². The van der Waals surface area contributed by atoms with Crippen molar-refractivity contribution in [2.75, 3.05) is 38.7 Å². The van der Waals surface area contributed by atoms with E-state index in [2.05, 4.69) is 5.32 Å². The number of sulfonamides is 1. The van der Waals surface area contributed by atoms with Gasteiger partial charge >= 0.3 is 0 Å². The third kappa shape index (κ3) is 8.19. The van der Waals surface area contributed by atoms with Crippen LogP contribution in [0, 0.1) is 6.92 Å². The lowest BCUT2D eigenvalue weighted by Gasteiger charge is -2.33. The van der Waals surface area contributed by atoms with Crippen LogP contribution in [-0.2, 0) is 26.2 Å². The van der Waals surface area contributed by atoms with E-state index in [1.54, 1.807) is 49.6 Å². The number of ether oxygens (including phenoxy) is 3. The molecule has 0 unspecified atom stereocenters. The zero-order chi connectivity index (χ0) is 31.6. The summed E-state index contributed by atoms with van der Waals surface area (Å²) in [4.78, 5) is 28.9. The van der Waals surface area contributed by atoms with Crippen molar-refractivity contribution in [2.45, 2.75) is 51.1 Å². The van der Waals surface area contributed by atoms with Crippen molar-refractivity contribution in [2.24, 2.45) is 0 Å². The van der Waals surface area contributed by atoms with Crippen LogP contribution in [0.15, 0.2) is 71.6 Å². The molecule has 1 atom stereocenters. The van der Waals surface area contributed by atoms with Gasteiger partial charge in [0, 0.05) is 19.2 Å². The zero-order valence-corrected chi connectivity index (χ0v) is 26.4. The third-order valence-corrected chi connectivity index (χ3v) is 8.75. The first-order valence-corrected chi connectivity index (χ1v) is 15.5. The predicted octanol–water partition coefficient (Wildman–Crippen LogP) is 4.55. The summed E-state index contributed by atoms with van der Waals surface area (Å²) in [6.07, 6.45) is 1.06. The van der Waals surface area contributed by atoms with Crippen LogP contribution >= 0.6 is 0 Å². The van der Waals surface area contributed by atoms with Crippen molar-refractivity contribution >= 4 is 27.5 Å². The Bertz CT molecular complexity index is 1490. The second-order valence-corrected chi connectivity index (χ2v) is 11.8. The van der Waals surface area contributed by atoms with Crippen molar-refractivity contribution in [3.05, 3.63) is 77.9 Å². The number of aryl methyl sites for hydroxylation is 1. The van der Waals surface area contributed by atoms with Gasteiger partial charge in [0.15, 0.2) is 11.5 Å². The Morgan fingerprint density at radius 2 is 1.58 bits per heavy atom. The molecule has 0 radical (unpaired) electrons. The molecule has 0 saturated carbocycles. The molecule has 0 aliphatic carbocycles. The number of carbonyl (C=O) groups excluding carboxylic acids is 2. The van der Waals surface area contributed by atoms with Crippen LogP contribution in [0.4, 0.5) is 5.69 Å². The zero-order valence-electron chi connectivity index (χ0n) is 25.6. The summed E-state index contributed by atoms with van der Waals surface area (Å²) in [5, 5.41) is 2.88. The summed E-state index contributed by atoms with van der Waals surface area (Å²) in [6.45, 7) is 5.58. The molecule has 0 heterocycles. The Labute approximate surface area is 254 Å². The monoisotopic (exact) mass is 611 g/mol. The molecule has 3 aromatic carbocycles. The van der Waals surface area contributed by atoms with Crippen molar-refractivity contribution < 1.29 is 32.2 Å². The first kappa shape index (κ1) is 33.3. The topological polar surface area (TPSA) is 114 Å². The molecule has 0 spiro atoms. The highest BCUT2D eigenvalue weighted by atomic mass is 32.2. The molecule has 0 fully saturated rings. The van der Waals surface area contributed by atoms with Crippen molar-refractivity contribution in [3.63, 3.8) is 0 Å². The van der Waals surface area contributed by atoms with Gasteiger partial charge in [0.1, 0.15) is 18.3 Å². The molecule has 0 aliphatic heterocycles. The van der Waals surface area contributed by atoms with Gasteiger partial charge in [0.25, 0.3) is 10.0 Å². The number of rotatable bonds is 15. The average molecular weight is 612 g/mol. The Hall–Kier alpha value is -4.25. The maximum Gasteiger partial charge on any atom is 0.264 e. The fraction of sp³-hybridized carbons (Fsp3) is 0.375. The third-order valence-electron chi connectivity index (χ3n) is 6.97. The molecule has 1 N–H and O–H groups in total. The molecular formula is C32H41N3O7S. The number of anilines is 1. The van der Waals surface area contributed by atoms with E-state index in [1.165, 1.54) is 37.3 Å². The molecule has 11 heteroatoms. The van der Waals surface area contributed by atoms with Crippen molar-refractivity contribution in [1.82, 2.24) is 10.2 Å². The molecule has 232 valence electrons. The summed E-state index contributed by atoms with van der Waals surface area (Å²) < 4.78 is 45.4. The predicted molar refractivity (Wildman–Crippen MR) is 166 cm³/mol. The lowest BCUT2D eigenvalue weighted by atomic mass is 10.1. The molecule has 0 bridgehead atoms. The van der Waals surface area contributed by atoms with Gasteiger partial charge in [-0.3, -0.25) is 13.9 Å². The number of methoxy groups -OCH3 is 3. The molecule has 10 nitrogen and oxygen atoms in total. The first-order valence-electron chi connectivity index (χ1n) is 14.1. The highest BCUT2D eigenvalue weighted by molar-refractivity contribution is 7.92. The molecule has 2 amide bonds. The van der Waals surface area contributed by atoms with Gasteiger partial charge in [-0.05, 0) is 61.7 Å². The second kappa shape index (κ2) is 15.3. The Morgan fingerprint density at radius 1 is 0.884 bits per heavy atom. The minimum Gasteiger partial charge on any atom is -0.497 e. The lowest BCUT2D eigenvalue weighted by Crippen LogP contribution is -2.52. The molecule has 43 heavy (non-hydrogen) atoms. The van der Waals surface area contributed by atoms with Crippen LogP contribution in [0.2, 0.25) is 0 Å². The Balaban J connectivity index is 2.12. The number of nitrogens with one attached hydrogen (secondary N) is 1. The number of hydrogen-bond acceptors (Lipinski definition) is 7. The van der Waals surface area contributed by atoms with Crippen LogP contribution < -0.4 is 23.8 Å². The van der Waals surface area contributed by atoms with Gasteiger partial charge in [0.2, 0.25) is 11.8 Å². The van der Waals surface area contributed by atoms with Gasteiger partial charge in [-0.2, -0.15) is 0 Å². The van der Waals surface area contributed by atoms with E-state index in [1.807, 2.05) is 26.8 Å². The van der Waals surface area contributed by atoms with Crippen LogP contribution in [0.5, 0.6) is 17.2 Å². The number of carbonyl (C=O) groups is 2. The second-order valence-electron chi connectivity index (χ2n) is 9.95. The first-order chi connectivity index (χ1) is 20.6. The summed E-state index contributed by atoms with van der Waals surface area (Å²) >= 11 is 0. The molecule has 3 aromatic rings. The number of hydrogen-bond donors (Lipinski definition) is 1.